The van der Waals surface area contributed by atoms with E-state index in [0.717, 1.165) is 83.2 Å². The molecule has 0 unspecified atom stereocenters. The standard InChI is InChI=1S/C61H39NO2/c1-3-14-44(15-4-1)61(45-16-5-2-6-17-45)53-21-10-7-20-51(53)60-54(61)22-13-23-55(60)62(46-32-26-40(27-33-46)42-31-37-58-52(38-42)49-19-9-12-25-57(49)63-58)47-34-28-41(29-35-47)43-30-36-50-48-18-8-11-24-56(48)64-59(50)39-43/h1-39H. The van der Waals surface area contributed by atoms with Crippen LogP contribution in [0.15, 0.2) is 245 Å². The van der Waals surface area contributed by atoms with Crippen LogP contribution in [0.1, 0.15) is 22.3 Å². The molecule has 3 nitrogen and oxygen atoms in total. The summed E-state index contributed by atoms with van der Waals surface area (Å²) in [6.07, 6.45) is 0. The number of benzene rings is 10. The molecule has 64 heavy (non-hydrogen) atoms. The summed E-state index contributed by atoms with van der Waals surface area (Å²) in [5, 5.41) is 4.52. The highest BCUT2D eigenvalue weighted by atomic mass is 16.3. The minimum Gasteiger partial charge on any atom is -0.456 e. The average molecular weight is 818 g/mol. The molecule has 0 N–H and O–H groups in total. The van der Waals surface area contributed by atoms with E-state index in [1.54, 1.807) is 0 Å². The van der Waals surface area contributed by atoms with E-state index >= 15 is 0 Å². The summed E-state index contributed by atoms with van der Waals surface area (Å²) < 4.78 is 12.5. The van der Waals surface area contributed by atoms with Crippen molar-refractivity contribution >= 4 is 60.9 Å². The minimum absolute atomic E-state index is 0.519. The molecule has 13 rings (SSSR count). The Balaban J connectivity index is 0.989. The van der Waals surface area contributed by atoms with Crippen molar-refractivity contribution in [3.63, 3.8) is 0 Å². The molecule has 300 valence electrons. The van der Waals surface area contributed by atoms with Crippen molar-refractivity contribution in [1.82, 2.24) is 0 Å². The molecule has 0 aliphatic heterocycles. The highest BCUT2D eigenvalue weighted by molar-refractivity contribution is 6.07. The van der Waals surface area contributed by atoms with Gasteiger partial charge in [-0.1, -0.05) is 170 Å². The summed E-state index contributed by atoms with van der Waals surface area (Å²) in [7, 11) is 0. The summed E-state index contributed by atoms with van der Waals surface area (Å²) in [5.41, 5.74) is 18.4. The van der Waals surface area contributed by atoms with Crippen molar-refractivity contribution in [2.24, 2.45) is 0 Å². The number of para-hydroxylation sites is 2. The van der Waals surface area contributed by atoms with Gasteiger partial charge in [0.1, 0.15) is 22.3 Å². The van der Waals surface area contributed by atoms with E-state index < -0.39 is 5.41 Å². The molecule has 0 bridgehead atoms. The first-order valence-electron chi connectivity index (χ1n) is 21.9. The van der Waals surface area contributed by atoms with Gasteiger partial charge in [-0.25, -0.2) is 0 Å². The van der Waals surface area contributed by atoms with Crippen LogP contribution in [-0.2, 0) is 5.41 Å². The molecule has 1 aliphatic carbocycles. The molecular weight excluding hydrogens is 779 g/mol. The molecule has 12 aromatic rings. The fourth-order valence-electron chi connectivity index (χ4n) is 10.5. The predicted octanol–water partition coefficient (Wildman–Crippen LogP) is 16.7. The summed E-state index contributed by atoms with van der Waals surface area (Å²) >= 11 is 0. The van der Waals surface area contributed by atoms with Crippen LogP contribution in [0.5, 0.6) is 0 Å². The molecule has 3 heteroatoms. The third-order valence-electron chi connectivity index (χ3n) is 13.4. The van der Waals surface area contributed by atoms with Gasteiger partial charge in [-0.2, -0.15) is 0 Å². The molecule has 0 saturated carbocycles. The van der Waals surface area contributed by atoms with E-state index in [4.69, 9.17) is 8.83 Å². The lowest BCUT2D eigenvalue weighted by Crippen LogP contribution is -2.28. The van der Waals surface area contributed by atoms with Crippen LogP contribution in [0, 0.1) is 0 Å². The Hall–Kier alpha value is -8.40. The van der Waals surface area contributed by atoms with Gasteiger partial charge in [-0.05, 0) is 117 Å². The molecule has 10 aromatic carbocycles. The first-order chi connectivity index (χ1) is 31.7. The van der Waals surface area contributed by atoms with Crippen molar-refractivity contribution in [2.45, 2.75) is 5.41 Å². The van der Waals surface area contributed by atoms with Crippen LogP contribution in [0.4, 0.5) is 17.1 Å². The third-order valence-corrected chi connectivity index (χ3v) is 13.4. The molecule has 0 radical (unpaired) electrons. The molecule has 2 heterocycles. The molecular formula is C61H39NO2. The lowest BCUT2D eigenvalue weighted by atomic mass is 9.68. The first-order valence-corrected chi connectivity index (χ1v) is 21.9. The number of nitrogens with zero attached hydrogens (tertiary/aromatic N) is 1. The van der Waals surface area contributed by atoms with E-state index in [1.165, 1.54) is 33.4 Å². The largest absolute Gasteiger partial charge is 0.456 e. The number of fused-ring (bicyclic) bond motifs is 9. The Morgan fingerprint density at radius 2 is 0.797 bits per heavy atom. The lowest BCUT2D eigenvalue weighted by molar-refractivity contribution is 0.668. The maximum absolute atomic E-state index is 6.31. The van der Waals surface area contributed by atoms with Crippen LogP contribution in [0.25, 0.3) is 77.3 Å². The fourth-order valence-corrected chi connectivity index (χ4v) is 10.5. The van der Waals surface area contributed by atoms with E-state index in [9.17, 15) is 0 Å². The fraction of sp³-hybridized carbons (Fsp3) is 0.0164. The number of anilines is 3. The van der Waals surface area contributed by atoms with Gasteiger partial charge in [-0.15, -0.1) is 0 Å². The van der Waals surface area contributed by atoms with Gasteiger partial charge in [0, 0.05) is 38.5 Å². The molecule has 0 spiro atoms. The predicted molar refractivity (Wildman–Crippen MR) is 264 cm³/mol. The topological polar surface area (TPSA) is 29.5 Å². The van der Waals surface area contributed by atoms with Gasteiger partial charge in [-0.3, -0.25) is 0 Å². The zero-order chi connectivity index (χ0) is 42.2. The Morgan fingerprint density at radius 1 is 0.312 bits per heavy atom. The zero-order valence-electron chi connectivity index (χ0n) is 34.8. The van der Waals surface area contributed by atoms with Gasteiger partial charge < -0.3 is 13.7 Å². The van der Waals surface area contributed by atoms with E-state index in [1.807, 2.05) is 24.3 Å². The highest BCUT2D eigenvalue weighted by Crippen LogP contribution is 2.59. The Kier molecular flexibility index (Phi) is 8.13. The average Bonchev–Trinajstić information content (AvgIpc) is 4.03. The summed E-state index contributed by atoms with van der Waals surface area (Å²) in [6.45, 7) is 0. The van der Waals surface area contributed by atoms with Gasteiger partial charge >= 0.3 is 0 Å². The van der Waals surface area contributed by atoms with Gasteiger partial charge in [0.15, 0.2) is 0 Å². The maximum Gasteiger partial charge on any atom is 0.136 e. The molecule has 0 saturated heterocycles. The monoisotopic (exact) mass is 817 g/mol. The van der Waals surface area contributed by atoms with Crippen LogP contribution >= 0.6 is 0 Å². The van der Waals surface area contributed by atoms with Crippen LogP contribution < -0.4 is 4.90 Å². The molecule has 0 fully saturated rings. The van der Waals surface area contributed by atoms with Crippen LogP contribution in [0.2, 0.25) is 0 Å². The van der Waals surface area contributed by atoms with Gasteiger partial charge in [0.25, 0.3) is 0 Å². The minimum atomic E-state index is -0.519. The molecule has 1 aliphatic rings. The Morgan fingerprint density at radius 3 is 1.47 bits per heavy atom. The number of hydrogen-bond donors (Lipinski definition) is 0. The summed E-state index contributed by atoms with van der Waals surface area (Å²) in [5.74, 6) is 0. The van der Waals surface area contributed by atoms with Crippen molar-refractivity contribution in [3.05, 3.63) is 259 Å². The highest BCUT2D eigenvalue weighted by Gasteiger charge is 2.47. The van der Waals surface area contributed by atoms with Crippen molar-refractivity contribution in [3.8, 4) is 33.4 Å². The van der Waals surface area contributed by atoms with E-state index in [0.29, 0.717) is 0 Å². The van der Waals surface area contributed by atoms with Crippen LogP contribution in [0.3, 0.4) is 0 Å². The quantitative estimate of drug-likeness (QED) is 0.160. The summed E-state index contributed by atoms with van der Waals surface area (Å²) in [4.78, 5) is 2.43. The normalized spacial score (nSPS) is 12.8. The molecule has 2 aromatic heterocycles. The van der Waals surface area contributed by atoms with Crippen molar-refractivity contribution in [2.75, 3.05) is 4.90 Å². The van der Waals surface area contributed by atoms with Crippen molar-refractivity contribution < 1.29 is 8.83 Å². The van der Waals surface area contributed by atoms with Crippen molar-refractivity contribution in [1.29, 1.82) is 0 Å². The molecule has 0 atom stereocenters. The molecule has 0 amide bonds. The smallest absolute Gasteiger partial charge is 0.136 e. The second-order valence-corrected chi connectivity index (χ2v) is 16.8. The van der Waals surface area contributed by atoms with Crippen LogP contribution in [-0.4, -0.2) is 0 Å². The second kappa shape index (κ2) is 14.3. The van der Waals surface area contributed by atoms with Gasteiger partial charge in [0.05, 0.1) is 11.1 Å². The Bertz CT molecular complexity index is 3670. The third kappa shape index (κ3) is 5.47. The maximum atomic E-state index is 6.31. The van der Waals surface area contributed by atoms with Gasteiger partial charge in [0.2, 0.25) is 0 Å². The lowest BCUT2D eigenvalue weighted by Gasteiger charge is -2.34. The van der Waals surface area contributed by atoms with E-state index in [2.05, 4.69) is 217 Å². The van der Waals surface area contributed by atoms with E-state index in [-0.39, 0.29) is 0 Å². The number of rotatable bonds is 7. The first kappa shape index (κ1) is 36.3. The number of furan rings is 2. The number of hydrogen-bond acceptors (Lipinski definition) is 3. The zero-order valence-corrected chi connectivity index (χ0v) is 34.8. The summed E-state index contributed by atoms with van der Waals surface area (Å²) in [6, 6.07) is 85.5. The second-order valence-electron chi connectivity index (χ2n) is 16.8. The SMILES string of the molecule is c1ccc(C2(c3ccccc3)c3ccccc3-c3c(N(c4ccc(-c5ccc6c(c5)oc5ccccc56)cc4)c4ccc(-c5ccc6oc7ccccc7c6c5)cc4)cccc32)cc1. The Labute approximate surface area is 370 Å².